The van der Waals surface area contributed by atoms with Crippen LogP contribution in [0.4, 0.5) is 13.2 Å². The molecule has 1 saturated heterocycles. The van der Waals surface area contributed by atoms with Gasteiger partial charge in [0.15, 0.2) is 0 Å². The Hall–Kier alpha value is -0.960. The van der Waals surface area contributed by atoms with E-state index in [1.165, 1.54) is 0 Å². The monoisotopic (exact) mass is 260 g/mol. The van der Waals surface area contributed by atoms with E-state index in [4.69, 9.17) is 15.6 Å². The average Bonchev–Trinajstić information content (AvgIpc) is 2.18. The van der Waals surface area contributed by atoms with Crippen LogP contribution in [0.2, 0.25) is 0 Å². The summed E-state index contributed by atoms with van der Waals surface area (Å²) < 4.78 is 31.7. The number of carboxylic acid groups (broad SMARTS) is 1. The minimum Gasteiger partial charge on any atom is -0.475 e. The second-order valence-electron chi connectivity index (χ2n) is 2.80. The smallest absolute Gasteiger partial charge is 0.475 e. The molecule has 0 bridgehead atoms. The summed E-state index contributed by atoms with van der Waals surface area (Å²) in [7, 11) is 0. The first-order valence-electron chi connectivity index (χ1n) is 4.15. The van der Waals surface area contributed by atoms with Crippen LogP contribution in [0.5, 0.6) is 0 Å². The summed E-state index contributed by atoms with van der Waals surface area (Å²) in [5.74, 6) is -1.09. The van der Waals surface area contributed by atoms with Crippen molar-refractivity contribution in [1.82, 2.24) is 5.32 Å². The Morgan fingerprint density at radius 2 is 1.94 bits per heavy atom. The van der Waals surface area contributed by atoms with Crippen molar-refractivity contribution in [1.29, 1.82) is 0 Å². The highest BCUT2D eigenvalue weighted by Gasteiger charge is 2.38. The number of carbonyl (C=O) groups is 2. The number of halogens is 3. The van der Waals surface area contributed by atoms with Crippen LogP contribution in [0.1, 0.15) is 6.42 Å². The van der Waals surface area contributed by atoms with Gasteiger partial charge in [0.05, 0.1) is 6.04 Å². The Balaban J connectivity index is 0.000000293. The number of carboxylic acids is 1. The summed E-state index contributed by atoms with van der Waals surface area (Å²) in [5, 5.41) is 10.1. The van der Waals surface area contributed by atoms with Crippen LogP contribution in [0.25, 0.3) is 0 Å². The Bertz CT molecular complexity index is 254. The first-order valence-corrected chi connectivity index (χ1v) is 5.31. The van der Waals surface area contributed by atoms with Gasteiger partial charge in [-0.25, -0.2) is 4.79 Å². The van der Waals surface area contributed by atoms with E-state index in [-0.39, 0.29) is 11.9 Å². The normalized spacial score (nSPS) is 20.6. The number of nitrogens with one attached hydrogen (secondary N) is 1. The minimum absolute atomic E-state index is 0.0775. The molecule has 16 heavy (non-hydrogen) atoms. The highest BCUT2D eigenvalue weighted by molar-refractivity contribution is 7.99. The standard InChI is InChI=1S/C5H10N2OS.C2HF3O2/c6-5(8)4-1-2-9-3-7-4;3-2(4,5)1(6)7/h4,7H,1-3H2,(H2,6,8);(H,6,7). The first kappa shape index (κ1) is 15.0. The maximum absolute atomic E-state index is 10.6. The quantitative estimate of drug-likeness (QED) is 0.624. The first-order chi connectivity index (χ1) is 7.25. The van der Waals surface area contributed by atoms with Crippen LogP contribution < -0.4 is 11.1 Å². The molecule has 0 radical (unpaired) electrons. The molecule has 1 unspecified atom stereocenters. The summed E-state index contributed by atoms with van der Waals surface area (Å²) in [6, 6.07) is -0.0775. The van der Waals surface area contributed by atoms with Gasteiger partial charge in [0.1, 0.15) is 0 Å². The van der Waals surface area contributed by atoms with Crippen LogP contribution in [0.15, 0.2) is 0 Å². The summed E-state index contributed by atoms with van der Waals surface area (Å²) >= 11 is 1.80. The Labute approximate surface area is 93.6 Å². The van der Waals surface area contributed by atoms with Crippen molar-refractivity contribution >= 4 is 23.6 Å². The SMILES string of the molecule is NC(=O)C1CCSCN1.O=C(O)C(F)(F)F. The van der Waals surface area contributed by atoms with E-state index in [1.54, 1.807) is 11.8 Å². The molecular weight excluding hydrogens is 249 g/mol. The van der Waals surface area contributed by atoms with Gasteiger partial charge in [-0.3, -0.25) is 10.1 Å². The predicted octanol–water partition coefficient (Wildman–Crippen LogP) is 0.158. The molecule has 9 heteroatoms. The van der Waals surface area contributed by atoms with Crippen molar-refractivity contribution in [3.05, 3.63) is 0 Å². The second-order valence-corrected chi connectivity index (χ2v) is 3.91. The van der Waals surface area contributed by atoms with E-state index in [2.05, 4.69) is 5.32 Å². The predicted molar refractivity (Wildman–Crippen MR) is 51.8 cm³/mol. The third-order valence-corrected chi connectivity index (χ3v) is 2.46. The summed E-state index contributed by atoms with van der Waals surface area (Å²) in [4.78, 5) is 19.4. The maximum Gasteiger partial charge on any atom is 0.490 e. The van der Waals surface area contributed by atoms with Gasteiger partial charge in [0.25, 0.3) is 0 Å². The molecule has 1 rings (SSSR count). The molecule has 5 nitrogen and oxygen atoms in total. The lowest BCUT2D eigenvalue weighted by atomic mass is 10.2. The van der Waals surface area contributed by atoms with Crippen molar-refractivity contribution in [3.8, 4) is 0 Å². The Morgan fingerprint density at radius 3 is 2.12 bits per heavy atom. The van der Waals surface area contributed by atoms with Gasteiger partial charge in [-0.15, -0.1) is 11.8 Å². The molecule has 0 aromatic carbocycles. The second kappa shape index (κ2) is 6.59. The molecule has 1 amide bonds. The Morgan fingerprint density at radius 1 is 1.44 bits per heavy atom. The van der Waals surface area contributed by atoms with Crippen molar-refractivity contribution in [2.45, 2.75) is 18.6 Å². The third-order valence-electron chi connectivity index (χ3n) is 1.57. The van der Waals surface area contributed by atoms with Crippen LogP contribution >= 0.6 is 11.8 Å². The van der Waals surface area contributed by atoms with Gasteiger partial charge in [0.2, 0.25) is 5.91 Å². The molecule has 1 aliphatic heterocycles. The molecular formula is C7H11F3N2O3S. The molecule has 0 spiro atoms. The zero-order valence-corrected chi connectivity index (χ0v) is 8.90. The Kier molecular flexibility index (Phi) is 6.19. The molecule has 0 aromatic rings. The fraction of sp³-hybridized carbons (Fsp3) is 0.714. The zero-order valence-electron chi connectivity index (χ0n) is 8.08. The lowest BCUT2D eigenvalue weighted by Gasteiger charge is -2.19. The third kappa shape index (κ3) is 6.51. The fourth-order valence-corrected chi connectivity index (χ4v) is 1.64. The number of hydrogen-bond acceptors (Lipinski definition) is 4. The number of aliphatic carboxylic acids is 1. The van der Waals surface area contributed by atoms with E-state index < -0.39 is 12.1 Å². The van der Waals surface area contributed by atoms with Gasteiger partial charge in [-0.1, -0.05) is 0 Å². The van der Waals surface area contributed by atoms with Crippen molar-refractivity contribution < 1.29 is 27.9 Å². The average molecular weight is 260 g/mol. The number of carbonyl (C=O) groups excluding carboxylic acids is 1. The van der Waals surface area contributed by atoms with E-state index in [0.29, 0.717) is 0 Å². The molecule has 0 aromatic heterocycles. The lowest BCUT2D eigenvalue weighted by Crippen LogP contribution is -2.43. The van der Waals surface area contributed by atoms with Crippen LogP contribution in [0.3, 0.4) is 0 Å². The summed E-state index contributed by atoms with van der Waals surface area (Å²) in [6.45, 7) is 0. The number of primary amides is 1. The van der Waals surface area contributed by atoms with Gasteiger partial charge in [0, 0.05) is 5.88 Å². The van der Waals surface area contributed by atoms with E-state index in [1.807, 2.05) is 0 Å². The minimum atomic E-state index is -5.08. The van der Waals surface area contributed by atoms with Crippen LogP contribution in [0, 0.1) is 0 Å². The largest absolute Gasteiger partial charge is 0.490 e. The van der Waals surface area contributed by atoms with E-state index >= 15 is 0 Å². The van der Waals surface area contributed by atoms with E-state index in [0.717, 1.165) is 18.1 Å². The van der Waals surface area contributed by atoms with Crippen molar-refractivity contribution in [2.24, 2.45) is 5.73 Å². The summed E-state index contributed by atoms with van der Waals surface area (Å²) in [5.41, 5.74) is 5.06. The maximum atomic E-state index is 10.6. The number of thioether (sulfide) groups is 1. The number of amides is 1. The molecule has 1 heterocycles. The van der Waals surface area contributed by atoms with Crippen molar-refractivity contribution in [3.63, 3.8) is 0 Å². The number of alkyl halides is 3. The highest BCUT2D eigenvalue weighted by atomic mass is 32.2. The zero-order chi connectivity index (χ0) is 12.8. The van der Waals surface area contributed by atoms with Gasteiger partial charge in [-0.05, 0) is 12.2 Å². The molecule has 94 valence electrons. The molecule has 1 fully saturated rings. The fourth-order valence-electron chi connectivity index (χ4n) is 0.778. The summed E-state index contributed by atoms with van der Waals surface area (Å²) in [6.07, 6.45) is -4.21. The van der Waals surface area contributed by atoms with Crippen molar-refractivity contribution in [2.75, 3.05) is 11.6 Å². The molecule has 0 aliphatic carbocycles. The highest BCUT2D eigenvalue weighted by Crippen LogP contribution is 2.13. The van der Waals surface area contributed by atoms with Crippen LogP contribution in [-0.2, 0) is 9.59 Å². The van der Waals surface area contributed by atoms with Gasteiger partial charge < -0.3 is 10.8 Å². The van der Waals surface area contributed by atoms with Crippen LogP contribution in [-0.4, -0.2) is 40.8 Å². The molecule has 0 saturated carbocycles. The lowest BCUT2D eigenvalue weighted by molar-refractivity contribution is -0.192. The molecule has 1 atom stereocenters. The number of hydrogen-bond donors (Lipinski definition) is 3. The van der Waals surface area contributed by atoms with Gasteiger partial charge in [-0.2, -0.15) is 13.2 Å². The molecule has 1 aliphatic rings. The van der Waals surface area contributed by atoms with Gasteiger partial charge >= 0.3 is 12.1 Å². The van der Waals surface area contributed by atoms with E-state index in [9.17, 15) is 18.0 Å². The number of rotatable bonds is 1. The topological polar surface area (TPSA) is 92.4 Å². The molecule has 4 N–H and O–H groups in total. The number of nitrogens with two attached hydrogens (primary N) is 1.